The first-order valence-corrected chi connectivity index (χ1v) is 12.7. The normalized spacial score (nSPS) is 13.6. The van der Waals surface area contributed by atoms with Gasteiger partial charge < -0.3 is 20.3 Å². The number of rotatable bonds is 7. The van der Waals surface area contributed by atoms with E-state index in [9.17, 15) is 32.6 Å². The average Bonchev–Trinajstić information content (AvgIpc) is 2.91. The van der Waals surface area contributed by atoms with Crippen LogP contribution in [0.3, 0.4) is 0 Å². The van der Waals surface area contributed by atoms with Crippen LogP contribution >= 0.6 is 0 Å². The van der Waals surface area contributed by atoms with Gasteiger partial charge in [0.15, 0.2) is 5.82 Å². The third-order valence-electron chi connectivity index (χ3n) is 6.94. The van der Waals surface area contributed by atoms with Crippen molar-refractivity contribution in [2.45, 2.75) is 45.1 Å². The lowest BCUT2D eigenvalue weighted by atomic mass is 9.90. The van der Waals surface area contributed by atoms with Crippen LogP contribution in [0.2, 0.25) is 0 Å². The highest BCUT2D eigenvalue weighted by atomic mass is 19.4. The number of aliphatic hydroxyl groups is 2. The van der Waals surface area contributed by atoms with Gasteiger partial charge in [-0.1, -0.05) is 0 Å². The fourth-order valence-corrected chi connectivity index (χ4v) is 4.37. The fourth-order valence-electron chi connectivity index (χ4n) is 4.37. The minimum atomic E-state index is -5.42. The molecule has 3 N–H and O–H groups in total. The molecule has 2 heterocycles. The summed E-state index contributed by atoms with van der Waals surface area (Å²) in [6.07, 6.45) is -5.42. The van der Waals surface area contributed by atoms with Crippen LogP contribution in [0.1, 0.15) is 46.7 Å². The lowest BCUT2D eigenvalue weighted by molar-refractivity contribution is -0.265. The number of amides is 1. The van der Waals surface area contributed by atoms with Gasteiger partial charge in [0.1, 0.15) is 22.8 Å². The molecule has 4 aromatic rings. The maximum Gasteiger partial charge on any atom is 0.424 e. The molecule has 42 heavy (non-hydrogen) atoms. The Labute approximate surface area is 238 Å². The maximum atomic E-state index is 15.4. The summed E-state index contributed by atoms with van der Waals surface area (Å²) in [6.45, 7) is 4.48. The van der Waals surface area contributed by atoms with Gasteiger partial charge in [0.25, 0.3) is 5.91 Å². The van der Waals surface area contributed by atoms with Crippen molar-refractivity contribution in [3.05, 3.63) is 88.2 Å². The number of benzene rings is 2. The van der Waals surface area contributed by atoms with Crippen molar-refractivity contribution >= 4 is 16.8 Å². The van der Waals surface area contributed by atoms with E-state index in [0.29, 0.717) is 17.0 Å². The number of halogens is 5. The minimum Gasteiger partial charge on any atom is -0.494 e. The zero-order valence-electron chi connectivity index (χ0n) is 23.3. The molecule has 0 aliphatic rings. The number of fused-ring (bicyclic) bond motifs is 1. The summed E-state index contributed by atoms with van der Waals surface area (Å²) < 4.78 is 77.7. The number of aromatic nitrogens is 2. The van der Waals surface area contributed by atoms with Gasteiger partial charge in [0.05, 0.1) is 24.9 Å². The SMILES string of the molecule is COc1cc(C(=O)NC[C@](O)(c2cc(C(C)(C)O)c(F)c(-c3ccc(F)cc3)n2)C(F)(F)F)cc2cc(C)c(C)nc12. The van der Waals surface area contributed by atoms with Gasteiger partial charge in [-0.3, -0.25) is 4.79 Å². The van der Waals surface area contributed by atoms with E-state index >= 15 is 4.39 Å². The number of ether oxygens (including phenoxy) is 1. The second-order valence-corrected chi connectivity index (χ2v) is 10.5. The van der Waals surface area contributed by atoms with Crippen LogP contribution in [0.25, 0.3) is 22.2 Å². The van der Waals surface area contributed by atoms with Gasteiger partial charge in [0, 0.05) is 27.8 Å². The van der Waals surface area contributed by atoms with Crippen LogP contribution in [-0.4, -0.2) is 45.9 Å². The molecule has 0 saturated carbocycles. The quantitative estimate of drug-likeness (QED) is 0.242. The van der Waals surface area contributed by atoms with Crippen molar-refractivity contribution in [1.29, 1.82) is 0 Å². The van der Waals surface area contributed by atoms with E-state index in [1.807, 2.05) is 6.92 Å². The van der Waals surface area contributed by atoms with Crippen LogP contribution in [0.5, 0.6) is 5.75 Å². The molecule has 7 nitrogen and oxygen atoms in total. The number of carbonyl (C=O) groups excluding carboxylic acids is 1. The Bertz CT molecular complexity index is 1670. The first-order valence-electron chi connectivity index (χ1n) is 12.7. The number of carbonyl (C=O) groups is 1. The molecule has 4 rings (SSSR count). The monoisotopic (exact) mass is 589 g/mol. The van der Waals surface area contributed by atoms with Gasteiger partial charge >= 0.3 is 6.18 Å². The highest BCUT2D eigenvalue weighted by Gasteiger charge is 2.57. The number of nitrogens with zero attached hydrogens (tertiary/aromatic N) is 2. The summed E-state index contributed by atoms with van der Waals surface area (Å²) in [5, 5.41) is 24.2. The second kappa shape index (κ2) is 10.9. The molecule has 2 aromatic carbocycles. The average molecular weight is 590 g/mol. The van der Waals surface area contributed by atoms with Crippen LogP contribution in [0.15, 0.2) is 48.5 Å². The van der Waals surface area contributed by atoms with E-state index < -0.39 is 58.4 Å². The predicted octanol–water partition coefficient (Wildman–Crippen LogP) is 5.61. The van der Waals surface area contributed by atoms with Gasteiger partial charge in [-0.15, -0.1) is 0 Å². The molecular formula is C30H28F5N3O4. The highest BCUT2D eigenvalue weighted by Crippen LogP contribution is 2.41. The van der Waals surface area contributed by atoms with Gasteiger partial charge in [-0.25, -0.2) is 18.7 Å². The Morgan fingerprint density at radius 3 is 2.19 bits per heavy atom. The first kappa shape index (κ1) is 30.8. The summed E-state index contributed by atoms with van der Waals surface area (Å²) >= 11 is 0. The molecule has 0 radical (unpaired) electrons. The van der Waals surface area contributed by atoms with Crippen molar-refractivity contribution in [2.75, 3.05) is 13.7 Å². The van der Waals surface area contributed by atoms with Gasteiger partial charge in [-0.05, 0) is 81.8 Å². The third kappa shape index (κ3) is 5.77. The molecule has 0 aliphatic carbocycles. The van der Waals surface area contributed by atoms with E-state index in [-0.39, 0.29) is 16.9 Å². The Kier molecular flexibility index (Phi) is 8.00. The minimum absolute atomic E-state index is 0.0647. The number of aryl methyl sites for hydroxylation is 2. The van der Waals surface area contributed by atoms with E-state index in [2.05, 4.69) is 15.3 Å². The molecule has 222 valence electrons. The van der Waals surface area contributed by atoms with Crippen molar-refractivity contribution < 1.29 is 41.7 Å². The van der Waals surface area contributed by atoms with Gasteiger partial charge in [-0.2, -0.15) is 13.2 Å². The number of pyridine rings is 2. The van der Waals surface area contributed by atoms with Gasteiger partial charge in [0.2, 0.25) is 5.60 Å². The fraction of sp³-hybridized carbons (Fsp3) is 0.300. The van der Waals surface area contributed by atoms with E-state index in [0.717, 1.165) is 49.4 Å². The van der Waals surface area contributed by atoms with E-state index in [4.69, 9.17) is 4.74 Å². The van der Waals surface area contributed by atoms with Crippen molar-refractivity contribution in [2.24, 2.45) is 0 Å². The number of hydrogen-bond donors (Lipinski definition) is 3. The summed E-state index contributed by atoms with van der Waals surface area (Å²) in [5.41, 5.74) is -6.33. The summed E-state index contributed by atoms with van der Waals surface area (Å²) in [4.78, 5) is 21.3. The Balaban J connectivity index is 1.79. The Morgan fingerprint density at radius 1 is 0.976 bits per heavy atom. The molecular weight excluding hydrogens is 561 g/mol. The van der Waals surface area contributed by atoms with Crippen molar-refractivity contribution in [3.8, 4) is 17.0 Å². The zero-order valence-corrected chi connectivity index (χ0v) is 23.3. The van der Waals surface area contributed by atoms with Crippen LogP contribution in [0, 0.1) is 25.5 Å². The van der Waals surface area contributed by atoms with Crippen molar-refractivity contribution in [1.82, 2.24) is 15.3 Å². The highest BCUT2D eigenvalue weighted by molar-refractivity contribution is 6.00. The lowest BCUT2D eigenvalue weighted by Gasteiger charge is -2.32. The lowest BCUT2D eigenvalue weighted by Crippen LogP contribution is -2.51. The molecule has 0 aliphatic heterocycles. The summed E-state index contributed by atoms with van der Waals surface area (Å²) in [7, 11) is 1.36. The van der Waals surface area contributed by atoms with Crippen LogP contribution in [0.4, 0.5) is 22.0 Å². The smallest absolute Gasteiger partial charge is 0.424 e. The van der Waals surface area contributed by atoms with E-state index in [1.54, 1.807) is 13.0 Å². The zero-order chi connectivity index (χ0) is 31.2. The molecule has 1 atom stereocenters. The number of methoxy groups -OCH3 is 1. The maximum absolute atomic E-state index is 15.4. The first-order chi connectivity index (χ1) is 19.5. The number of alkyl halides is 3. The molecule has 12 heteroatoms. The predicted molar refractivity (Wildman–Crippen MR) is 145 cm³/mol. The van der Waals surface area contributed by atoms with Crippen LogP contribution in [-0.2, 0) is 11.2 Å². The molecule has 1 amide bonds. The molecule has 0 bridgehead atoms. The van der Waals surface area contributed by atoms with E-state index in [1.165, 1.54) is 19.2 Å². The Morgan fingerprint density at radius 2 is 1.62 bits per heavy atom. The number of nitrogens with one attached hydrogen (secondary N) is 1. The largest absolute Gasteiger partial charge is 0.494 e. The molecule has 0 fully saturated rings. The van der Waals surface area contributed by atoms with Crippen molar-refractivity contribution in [3.63, 3.8) is 0 Å². The molecule has 0 unspecified atom stereocenters. The third-order valence-corrected chi connectivity index (χ3v) is 6.94. The summed E-state index contributed by atoms with van der Waals surface area (Å²) in [6, 6.07) is 9.18. The molecule has 2 aromatic heterocycles. The topological polar surface area (TPSA) is 105 Å². The summed E-state index contributed by atoms with van der Waals surface area (Å²) in [5.74, 6) is -2.60. The Hall–Kier alpha value is -4.16. The standard InChI is InChI=1S/C30H28F5N3O4/c1-15-10-18-11-19(12-22(42-5)25(18)37-16(15)2)27(39)36-14-29(41,30(33,34)35)23-13-21(28(3,4)40)24(32)26(38-23)17-6-8-20(31)9-7-17/h6-13,40-41H,14H2,1-5H3,(H,36,39)/t29-/m0/s1. The van der Waals surface area contributed by atoms with Crippen LogP contribution < -0.4 is 10.1 Å². The molecule has 0 saturated heterocycles. The second-order valence-electron chi connectivity index (χ2n) is 10.5. The molecule has 0 spiro atoms. The number of hydrogen-bond acceptors (Lipinski definition) is 6.